The van der Waals surface area contributed by atoms with E-state index in [-0.39, 0.29) is 37.1 Å². The van der Waals surface area contributed by atoms with E-state index in [9.17, 15) is 0 Å². The van der Waals surface area contributed by atoms with Crippen LogP contribution in [0.5, 0.6) is 0 Å². The van der Waals surface area contributed by atoms with Gasteiger partial charge in [0.2, 0.25) is 0 Å². The smallest absolute Gasteiger partial charge is 0.148 e. The molecule has 5 heteroatoms. The fraction of sp³-hybridized carbons (Fsp3) is 0. The van der Waals surface area contributed by atoms with Gasteiger partial charge in [0.25, 0.3) is 0 Å². The Morgan fingerprint density at radius 2 is 2.27 bits per heavy atom. The summed E-state index contributed by atoms with van der Waals surface area (Å²) in [7, 11) is 0. The van der Waals surface area contributed by atoms with Crippen LogP contribution in [0.2, 0.25) is 0 Å². The normalized spacial score (nSPS) is 9.45. The van der Waals surface area contributed by atoms with Gasteiger partial charge in [-0.2, -0.15) is 0 Å². The van der Waals surface area contributed by atoms with Crippen molar-refractivity contribution in [1.82, 2.24) is 9.97 Å². The summed E-state index contributed by atoms with van der Waals surface area (Å²) in [5.74, 6) is 0. The van der Waals surface area contributed by atoms with Crippen molar-refractivity contribution in [3.63, 3.8) is 0 Å². The van der Waals surface area contributed by atoms with E-state index in [1.165, 1.54) is 0 Å². The van der Waals surface area contributed by atoms with Crippen LogP contribution >= 0.6 is 0 Å². The van der Waals surface area contributed by atoms with Crippen molar-refractivity contribution in [3.8, 4) is 0 Å². The first kappa shape index (κ1) is 8.57. The Hall–Kier alpha value is -0.528. The fourth-order valence-electron chi connectivity index (χ4n) is 0.769. The molecule has 4 nitrogen and oxygen atoms in total. The molecule has 0 spiro atoms. The molecule has 2 aromatic heterocycles. The van der Waals surface area contributed by atoms with Crippen molar-refractivity contribution in [1.29, 1.82) is 0 Å². The van der Waals surface area contributed by atoms with E-state index in [4.69, 9.17) is 10.2 Å². The second-order valence-corrected chi connectivity index (χ2v) is 1.84. The first-order valence-electron chi connectivity index (χ1n) is 2.79. The van der Waals surface area contributed by atoms with Gasteiger partial charge in [-0.25, -0.2) is 0 Å². The number of hydrogen-bond donors (Lipinski definition) is 0. The third kappa shape index (κ3) is 1.55. The average molecular weight is 372 g/mol. The van der Waals surface area contributed by atoms with Crippen molar-refractivity contribution in [2.45, 2.75) is 0 Å². The van der Waals surface area contributed by atoms with Gasteiger partial charge in [-0.05, 0) is 12.1 Å². The monoisotopic (exact) mass is 372 g/mol. The van der Waals surface area contributed by atoms with Crippen molar-refractivity contribution >= 4 is 17.2 Å². The molecule has 0 amide bonds. The van der Waals surface area contributed by atoms with Crippen molar-refractivity contribution < 1.29 is 35.5 Å². The maximum Gasteiger partial charge on any atom is 0.148 e. The number of nitrogens with zero attached hydrogens (tertiary/aromatic N) is 2. The maximum atomic E-state index is 7.01. The molecule has 0 bridgehead atoms. The van der Waals surface area contributed by atoms with E-state index in [0.717, 1.165) is 0 Å². The van der Waals surface area contributed by atoms with Gasteiger partial charge in [-0.1, -0.05) is 0 Å². The molecule has 2 heterocycles. The van der Waals surface area contributed by atoms with Crippen LogP contribution in [0.15, 0.2) is 22.7 Å². The van der Waals surface area contributed by atoms with Crippen LogP contribution in [0.1, 0.15) is 0 Å². The van der Waals surface area contributed by atoms with Gasteiger partial charge >= 0.3 is 0 Å². The molecule has 0 fully saturated rings. The third-order valence-corrected chi connectivity index (χ3v) is 1.16. The Morgan fingerprint density at radius 1 is 1.45 bits per heavy atom. The molecule has 0 saturated heterocycles. The van der Waals surface area contributed by atoms with E-state index in [1.807, 2.05) is 0 Å². The maximum absolute atomic E-state index is 7.01. The largest absolute Gasteiger partial charge is 0.463 e. The molecular formula is C6H4N3OU-. The van der Waals surface area contributed by atoms with E-state index in [2.05, 4.69) is 9.97 Å². The molecule has 0 atom stereocenters. The molecule has 0 aromatic carbocycles. The number of oxazole rings is 1. The van der Waals surface area contributed by atoms with Crippen LogP contribution in [0.4, 0.5) is 6.01 Å². The number of pyridine rings is 1. The minimum Gasteiger partial charge on any atom is -0.463 e. The Bertz CT molecular complexity index is 326. The van der Waals surface area contributed by atoms with Gasteiger partial charge < -0.3 is 15.1 Å². The second-order valence-electron chi connectivity index (χ2n) is 1.84. The Kier molecular flexibility index (Phi) is 2.53. The van der Waals surface area contributed by atoms with Gasteiger partial charge in [0, 0.05) is 37.3 Å². The van der Waals surface area contributed by atoms with Gasteiger partial charge in [0.1, 0.15) is 11.6 Å². The number of hydrogen-bond acceptors (Lipinski definition) is 3. The zero-order chi connectivity index (χ0) is 6.97. The molecule has 2 aromatic rings. The van der Waals surface area contributed by atoms with Gasteiger partial charge in [0.15, 0.2) is 0 Å². The van der Waals surface area contributed by atoms with Crippen LogP contribution < -0.4 is 0 Å². The van der Waals surface area contributed by atoms with Crippen LogP contribution in [0.3, 0.4) is 0 Å². The Morgan fingerprint density at radius 3 is 3.00 bits per heavy atom. The van der Waals surface area contributed by atoms with E-state index < -0.39 is 0 Å². The summed E-state index contributed by atoms with van der Waals surface area (Å²) in [6.07, 6.45) is 1.62. The van der Waals surface area contributed by atoms with Gasteiger partial charge in [-0.15, -0.1) is 0 Å². The second kappa shape index (κ2) is 3.25. The van der Waals surface area contributed by atoms with Gasteiger partial charge in [-0.3, -0.25) is 4.98 Å². The molecule has 0 aliphatic rings. The predicted molar refractivity (Wildman–Crippen MR) is 35.8 cm³/mol. The molecule has 2 rings (SSSR count). The molecule has 0 radical (unpaired) electrons. The number of rotatable bonds is 0. The van der Waals surface area contributed by atoms with E-state index >= 15 is 0 Å². The first-order chi connectivity index (χ1) is 4.86. The minimum atomic E-state index is -0.0892. The third-order valence-electron chi connectivity index (χ3n) is 1.16. The summed E-state index contributed by atoms with van der Waals surface area (Å²) >= 11 is 0. The standard InChI is InChI=1S/C6H4N3O.U/c7-6-9-5-4(10-6)2-1-3-8-5;/h1-3H,(H-,7,8,9);/q-1;. The molecule has 54 valence electrons. The zero-order valence-corrected chi connectivity index (χ0v) is 9.70. The Balaban J connectivity index is 0.000000605. The van der Waals surface area contributed by atoms with E-state index in [0.29, 0.717) is 11.2 Å². The van der Waals surface area contributed by atoms with E-state index in [1.54, 1.807) is 18.3 Å². The van der Waals surface area contributed by atoms with Crippen LogP contribution in [0, 0.1) is 31.1 Å². The quantitative estimate of drug-likeness (QED) is 0.710. The number of fused-ring (bicyclic) bond motifs is 1. The van der Waals surface area contributed by atoms with Crippen LogP contribution in [-0.4, -0.2) is 9.97 Å². The summed E-state index contributed by atoms with van der Waals surface area (Å²) in [6, 6.07) is 3.38. The topological polar surface area (TPSA) is 62.7 Å². The summed E-state index contributed by atoms with van der Waals surface area (Å²) in [5.41, 5.74) is 8.06. The predicted octanol–water partition coefficient (Wildman–Crippen LogP) is 1.91. The summed E-state index contributed by atoms with van der Waals surface area (Å²) in [5, 5.41) is 0. The van der Waals surface area contributed by atoms with Crippen LogP contribution in [0.25, 0.3) is 17.0 Å². The Labute approximate surface area is 86.6 Å². The molecule has 11 heavy (non-hydrogen) atoms. The fourth-order valence-corrected chi connectivity index (χ4v) is 0.769. The van der Waals surface area contributed by atoms with Gasteiger partial charge in [0.05, 0.1) is 5.65 Å². The first-order valence-corrected chi connectivity index (χ1v) is 2.79. The molecule has 0 saturated carbocycles. The molecule has 0 aliphatic carbocycles. The number of aromatic nitrogens is 2. The molecular weight excluding hydrogens is 368 g/mol. The minimum absolute atomic E-state index is 0. The summed E-state index contributed by atoms with van der Waals surface area (Å²) in [4.78, 5) is 7.58. The molecule has 1 N–H and O–H groups in total. The van der Waals surface area contributed by atoms with Crippen LogP contribution in [-0.2, 0) is 0 Å². The molecule has 0 aliphatic heterocycles. The van der Waals surface area contributed by atoms with Crippen molar-refractivity contribution in [3.05, 3.63) is 24.1 Å². The zero-order valence-electron chi connectivity index (χ0n) is 5.53. The van der Waals surface area contributed by atoms with Crippen molar-refractivity contribution in [2.75, 3.05) is 0 Å². The summed E-state index contributed by atoms with van der Waals surface area (Å²) in [6.45, 7) is 0. The molecule has 0 unspecified atom stereocenters. The average Bonchev–Trinajstić information content (AvgIpc) is 2.27. The number of nitrogens with one attached hydrogen (secondary N) is 1. The SMILES string of the molecule is [NH-]c1nc2ncccc2o1.[U]. The van der Waals surface area contributed by atoms with Crippen molar-refractivity contribution in [2.24, 2.45) is 0 Å². The summed E-state index contributed by atoms with van der Waals surface area (Å²) < 4.78 is 4.86.